The monoisotopic (exact) mass is 1180 g/mol. The van der Waals surface area contributed by atoms with Crippen molar-refractivity contribution < 1.29 is 70.2 Å². The third-order valence-corrected chi connectivity index (χ3v) is 20.8. The Kier molecular flexibility index (Phi) is 21.7. The van der Waals surface area contributed by atoms with E-state index in [1.54, 1.807) is 48.5 Å². The molecule has 7 atom stereocenters. The van der Waals surface area contributed by atoms with Crippen LogP contribution in [0.2, 0.25) is 0 Å². The van der Waals surface area contributed by atoms with Gasteiger partial charge in [0.1, 0.15) is 29.7 Å². The summed E-state index contributed by atoms with van der Waals surface area (Å²) in [7, 11) is -3.53. The van der Waals surface area contributed by atoms with Crippen molar-refractivity contribution in [3.8, 4) is 0 Å². The predicted octanol–water partition coefficient (Wildman–Crippen LogP) is 9.64. The molecule has 83 heavy (non-hydrogen) atoms. The van der Waals surface area contributed by atoms with Crippen molar-refractivity contribution in [1.29, 1.82) is 5.41 Å². The zero-order chi connectivity index (χ0) is 61.8. The van der Waals surface area contributed by atoms with Crippen molar-refractivity contribution in [2.75, 3.05) is 6.61 Å². The number of amides is 3. The highest BCUT2D eigenvalue weighted by atomic mass is 32.2. The van der Waals surface area contributed by atoms with E-state index >= 15 is 0 Å². The molecule has 19 heteroatoms. The molecule has 0 aromatic heterocycles. The molecule has 11 aliphatic carbocycles. The highest BCUT2D eigenvalue weighted by Gasteiger charge is 2.66. The lowest BCUT2D eigenvalue weighted by Crippen LogP contribution is -2.62. The van der Waals surface area contributed by atoms with Crippen molar-refractivity contribution >= 4 is 57.6 Å². The summed E-state index contributed by atoms with van der Waals surface area (Å²) in [5.74, 6) is 2.60. The molecule has 12 fully saturated rings. The second-order valence-corrected chi connectivity index (χ2v) is 29.2. The Morgan fingerprint density at radius 2 is 1.16 bits per heavy atom. The largest absolute Gasteiger partial charge is 0.458 e. The quantitative estimate of drug-likeness (QED) is 0.0354. The minimum absolute atomic E-state index is 0.00284. The van der Waals surface area contributed by atoms with E-state index in [4.69, 9.17) is 28.5 Å². The van der Waals surface area contributed by atoms with Gasteiger partial charge in [-0.25, -0.2) is 19.2 Å². The lowest BCUT2D eigenvalue weighted by molar-refractivity contribution is -0.221. The van der Waals surface area contributed by atoms with Crippen LogP contribution in [-0.4, -0.2) is 102 Å². The van der Waals surface area contributed by atoms with Crippen LogP contribution in [0.4, 0.5) is 0 Å². The molecule has 462 valence electrons. The molecule has 12 aliphatic rings. The van der Waals surface area contributed by atoms with Crippen LogP contribution in [0.3, 0.4) is 0 Å². The summed E-state index contributed by atoms with van der Waals surface area (Å²) < 4.78 is 50.2. The highest BCUT2D eigenvalue weighted by molar-refractivity contribution is 7.87. The highest BCUT2D eigenvalue weighted by Crippen LogP contribution is 2.62. The topological polar surface area (TPSA) is 268 Å². The second kappa shape index (κ2) is 27.0. The molecule has 0 spiro atoms. The molecule has 12 rings (SSSR count). The summed E-state index contributed by atoms with van der Waals surface area (Å²) >= 11 is 0. The average molecular weight is 1180 g/mol. The van der Waals surface area contributed by atoms with Gasteiger partial charge in [0.2, 0.25) is 5.91 Å². The Morgan fingerprint density at radius 3 is 1.63 bits per heavy atom. The van der Waals surface area contributed by atoms with Crippen molar-refractivity contribution in [3.05, 3.63) is 60.8 Å². The minimum atomic E-state index is -3.53. The summed E-state index contributed by atoms with van der Waals surface area (Å²) in [5, 5.41) is 22.5. The zero-order valence-electron chi connectivity index (χ0n) is 51.0. The van der Waals surface area contributed by atoms with Gasteiger partial charge in [0.05, 0.1) is 10.9 Å². The molecule has 18 nitrogen and oxygen atoms in total. The van der Waals surface area contributed by atoms with Gasteiger partial charge in [0.25, 0.3) is 21.9 Å². The van der Waals surface area contributed by atoms with Gasteiger partial charge in [-0.3, -0.25) is 29.3 Å². The Labute approximate surface area is 492 Å². The van der Waals surface area contributed by atoms with Crippen molar-refractivity contribution in [1.82, 2.24) is 10.6 Å². The normalized spacial score (nSPS) is 33.8. The first-order valence-corrected chi connectivity index (χ1v) is 31.5. The number of imide groups is 1. The maximum atomic E-state index is 12.1. The Hall–Kier alpha value is -5.27. The van der Waals surface area contributed by atoms with E-state index in [1.165, 1.54) is 58.3 Å². The number of hydrogen-bond donors (Lipinski definition) is 4. The molecule has 1 heterocycles. The van der Waals surface area contributed by atoms with Gasteiger partial charge in [-0.2, -0.15) is 8.42 Å². The maximum Gasteiger partial charge on any atom is 0.344 e. The number of rotatable bonds is 12. The summed E-state index contributed by atoms with van der Waals surface area (Å²) in [6.45, 7) is 35.1. The summed E-state index contributed by atoms with van der Waals surface area (Å²) in [6, 6.07) is 0. The molecule has 11 saturated carbocycles. The van der Waals surface area contributed by atoms with E-state index in [2.05, 4.69) is 57.4 Å². The third-order valence-electron chi connectivity index (χ3n) is 19.0. The van der Waals surface area contributed by atoms with Crippen LogP contribution in [0.15, 0.2) is 60.8 Å². The number of carbonyl (C=O) groups excluding carboxylic acids is 7. The molecule has 0 aromatic carbocycles. The van der Waals surface area contributed by atoms with Crippen LogP contribution < -0.4 is 10.6 Å². The fourth-order valence-electron chi connectivity index (χ4n) is 15.3. The third kappa shape index (κ3) is 16.2. The number of amidine groups is 1. The molecular weight excluding hydrogens is 1080 g/mol. The number of aliphatic hydroxyl groups is 1. The molecule has 4 N–H and O–H groups in total. The summed E-state index contributed by atoms with van der Waals surface area (Å²) in [5.41, 5.74) is 0.803. The van der Waals surface area contributed by atoms with Gasteiger partial charge in [-0.15, -0.1) is 0 Å². The molecule has 7 unspecified atom stereocenters. The van der Waals surface area contributed by atoms with E-state index in [0.29, 0.717) is 76.5 Å². The average Bonchev–Trinajstić information content (AvgIpc) is 1.98. The second-order valence-electron chi connectivity index (χ2n) is 27.4. The number of hydrogen-bond acceptors (Lipinski definition) is 16. The molecule has 3 amide bonds. The van der Waals surface area contributed by atoms with E-state index in [0.717, 1.165) is 56.8 Å². The fourth-order valence-corrected chi connectivity index (χ4v) is 17.2. The maximum absolute atomic E-state index is 12.1. The van der Waals surface area contributed by atoms with Crippen molar-refractivity contribution in [2.24, 2.45) is 70.5 Å². The van der Waals surface area contributed by atoms with Gasteiger partial charge in [-0.05, 0) is 172 Å². The minimum Gasteiger partial charge on any atom is -0.458 e. The first kappa shape index (κ1) is 66.9. The van der Waals surface area contributed by atoms with Gasteiger partial charge in [0.15, 0.2) is 6.61 Å². The molecule has 10 bridgehead atoms. The smallest absolute Gasteiger partial charge is 0.344 e. The lowest BCUT2D eigenvalue weighted by atomic mass is 9.47. The van der Waals surface area contributed by atoms with Crippen LogP contribution in [0.25, 0.3) is 0 Å². The SMILES string of the molecule is C=C(C)C(=O)NC(=N)C1CCCCC1.C=C(C)C(=O)NC(=O)C(C)(C)C.C=C(C)C(=O)OC1(C(C)C)C2CC3CC(C2)CC1C3.C=C(C)C(=O)OC1C2CC3CC1CC(O)(C3)C2.C=C(C)C(=O)OCC(=O)OC1C2CC3C1OS(=O)(=O)C3C2. The zero-order valence-corrected chi connectivity index (χ0v) is 51.8. The van der Waals surface area contributed by atoms with Crippen molar-refractivity contribution in [2.45, 2.75) is 213 Å². The Balaban J connectivity index is 0.000000169. The van der Waals surface area contributed by atoms with Crippen LogP contribution in [0, 0.1) is 75.9 Å². The summed E-state index contributed by atoms with van der Waals surface area (Å²) in [4.78, 5) is 80.1. The molecule has 0 aromatic rings. The Morgan fingerprint density at radius 1 is 0.639 bits per heavy atom. The van der Waals surface area contributed by atoms with E-state index < -0.39 is 63.0 Å². The summed E-state index contributed by atoms with van der Waals surface area (Å²) in [6.07, 6.45) is 17.1. The number of ether oxygens (including phenoxy) is 4. The van der Waals surface area contributed by atoms with Crippen molar-refractivity contribution in [3.63, 3.8) is 0 Å². The van der Waals surface area contributed by atoms with E-state index in [1.807, 2.05) is 0 Å². The van der Waals surface area contributed by atoms with E-state index in [-0.39, 0.29) is 58.8 Å². The molecular formula is C64H95N3O15S. The standard InChI is InChI=1S/C17H26O2.C14H20O3.C13H16O7S.C11H18N2O.C9H15NO2/c1-10(2)16(18)19-17(11(3)4)14-6-12-5-13(8-14)9-15(17)7-12;1-8(2)13(15)17-12-10-3-9-4-11(12)7-14(16,5-9)6-10;1-6(2)13(15)18-5-10(14)19-11-7-3-8-9(4-7)21(16,17)20-12(8)11;1-8(2)11(14)13-10(12)9-6-4-3-5-7-9;1-6(2)7(11)10-8(12)9(3,4)5/h11-15H,1,5-9H2,2-4H3;9-12,16H,1,3-7H2,2H3;7-9,11-12H,1,3-5H2,2H3;9H,1,3-7H2,2H3,(H2,12,13,14);1H2,2-5H3,(H,10,11,12). The van der Waals surface area contributed by atoms with Crippen LogP contribution in [0.5, 0.6) is 0 Å². The van der Waals surface area contributed by atoms with Crippen LogP contribution in [0.1, 0.15) is 178 Å². The number of fused-ring (bicyclic) bond motifs is 1. The lowest BCUT2D eigenvalue weighted by Gasteiger charge is -2.61. The van der Waals surface area contributed by atoms with Crippen LogP contribution in [-0.2, 0) is 66.8 Å². The van der Waals surface area contributed by atoms with Gasteiger partial charge < -0.3 is 29.4 Å². The fraction of sp³-hybridized carbons (Fsp3) is 0.719. The number of carbonyl (C=O) groups is 7. The van der Waals surface area contributed by atoms with Gasteiger partial charge >= 0.3 is 23.9 Å². The van der Waals surface area contributed by atoms with Gasteiger partial charge in [0, 0.05) is 51.0 Å². The Bertz CT molecular complexity index is 2650. The van der Waals surface area contributed by atoms with E-state index in [9.17, 15) is 47.1 Å². The van der Waals surface area contributed by atoms with Gasteiger partial charge in [-0.1, -0.05) is 86.8 Å². The van der Waals surface area contributed by atoms with Crippen LogP contribution >= 0.6 is 0 Å². The molecule has 1 saturated heterocycles. The molecule has 1 aliphatic heterocycles. The first-order valence-electron chi connectivity index (χ1n) is 30.0. The number of esters is 4. The molecule has 0 radical (unpaired) electrons. The first-order chi connectivity index (χ1) is 38.5. The number of nitrogens with one attached hydrogen (secondary N) is 3. The predicted molar refractivity (Wildman–Crippen MR) is 313 cm³/mol.